The first-order valence-corrected chi connectivity index (χ1v) is 11.5. The van der Waals surface area contributed by atoms with Crippen molar-refractivity contribution < 1.29 is 19.4 Å². The van der Waals surface area contributed by atoms with Gasteiger partial charge in [-0.15, -0.1) is 0 Å². The van der Waals surface area contributed by atoms with E-state index >= 15 is 0 Å². The van der Waals surface area contributed by atoms with Crippen molar-refractivity contribution >= 4 is 23.1 Å². The Bertz CT molecular complexity index is 1240. The van der Waals surface area contributed by atoms with E-state index < -0.39 is 17.7 Å². The number of carbonyl (C=O) groups is 2. The maximum atomic E-state index is 13.3. The number of aliphatic hydroxyl groups excluding tert-OH is 1. The van der Waals surface area contributed by atoms with Crippen LogP contribution in [0.1, 0.15) is 49.1 Å². The van der Waals surface area contributed by atoms with Gasteiger partial charge in [-0.05, 0) is 74.2 Å². The molecule has 1 unspecified atom stereocenters. The van der Waals surface area contributed by atoms with E-state index in [4.69, 9.17) is 4.74 Å². The third-order valence-electron chi connectivity index (χ3n) is 5.99. The molecule has 1 fully saturated rings. The minimum absolute atomic E-state index is 0.0145. The lowest BCUT2D eigenvalue weighted by Gasteiger charge is -2.25. The third-order valence-corrected chi connectivity index (χ3v) is 5.99. The molecule has 1 atom stereocenters. The quantitative estimate of drug-likeness (QED) is 0.282. The zero-order valence-corrected chi connectivity index (χ0v) is 19.9. The number of carbonyl (C=O) groups excluding carboxylic acids is 2. The van der Waals surface area contributed by atoms with Gasteiger partial charge in [0.25, 0.3) is 11.7 Å². The maximum absolute atomic E-state index is 13.3. The van der Waals surface area contributed by atoms with Gasteiger partial charge in [-0.3, -0.25) is 14.5 Å². The SMILES string of the molecule is CCc1ccc(N2C(=O)C(=O)/C(=C(\O)c3ccc(OC(C)C)c(C)c3)C2c2ccccc2)cc1. The van der Waals surface area contributed by atoms with E-state index in [0.29, 0.717) is 17.0 Å². The predicted molar refractivity (Wildman–Crippen MR) is 134 cm³/mol. The average molecular weight is 456 g/mol. The first kappa shape index (κ1) is 23.3. The summed E-state index contributed by atoms with van der Waals surface area (Å²) in [6.45, 7) is 7.84. The number of amides is 1. The number of benzene rings is 3. The number of hydrogen-bond acceptors (Lipinski definition) is 4. The Hall–Kier alpha value is -3.86. The van der Waals surface area contributed by atoms with Crippen LogP contribution in [0.4, 0.5) is 5.69 Å². The fourth-order valence-corrected chi connectivity index (χ4v) is 4.28. The highest BCUT2D eigenvalue weighted by Gasteiger charge is 2.46. The van der Waals surface area contributed by atoms with E-state index in [1.54, 1.807) is 18.2 Å². The van der Waals surface area contributed by atoms with Gasteiger partial charge in [0.15, 0.2) is 0 Å². The van der Waals surface area contributed by atoms with Crippen LogP contribution in [-0.2, 0) is 16.0 Å². The summed E-state index contributed by atoms with van der Waals surface area (Å²) in [5.41, 5.74) is 3.87. The van der Waals surface area contributed by atoms with Crippen molar-refractivity contribution in [3.8, 4) is 5.75 Å². The molecule has 4 rings (SSSR count). The highest BCUT2D eigenvalue weighted by atomic mass is 16.5. The van der Waals surface area contributed by atoms with Crippen molar-refractivity contribution in [3.05, 3.63) is 101 Å². The van der Waals surface area contributed by atoms with Gasteiger partial charge in [-0.1, -0.05) is 49.4 Å². The van der Waals surface area contributed by atoms with Gasteiger partial charge in [0, 0.05) is 11.3 Å². The summed E-state index contributed by atoms with van der Waals surface area (Å²) >= 11 is 0. The highest BCUT2D eigenvalue weighted by molar-refractivity contribution is 6.51. The monoisotopic (exact) mass is 455 g/mol. The van der Waals surface area contributed by atoms with Crippen molar-refractivity contribution in [2.24, 2.45) is 0 Å². The van der Waals surface area contributed by atoms with E-state index in [1.165, 1.54) is 4.90 Å². The van der Waals surface area contributed by atoms with E-state index in [0.717, 1.165) is 23.1 Å². The molecule has 1 N–H and O–H groups in total. The third kappa shape index (κ3) is 4.34. The molecule has 5 heteroatoms. The summed E-state index contributed by atoms with van der Waals surface area (Å²) in [6.07, 6.45) is 0.887. The van der Waals surface area contributed by atoms with E-state index in [1.807, 2.05) is 75.4 Å². The van der Waals surface area contributed by atoms with Crippen molar-refractivity contribution in [2.45, 2.75) is 46.3 Å². The molecular formula is C29H29NO4. The van der Waals surface area contributed by atoms with Crippen LogP contribution in [0, 0.1) is 6.92 Å². The maximum Gasteiger partial charge on any atom is 0.300 e. The normalized spacial score (nSPS) is 17.4. The van der Waals surface area contributed by atoms with Gasteiger partial charge in [-0.2, -0.15) is 0 Å². The summed E-state index contributed by atoms with van der Waals surface area (Å²) < 4.78 is 5.80. The number of hydrogen-bond donors (Lipinski definition) is 1. The number of ketones is 1. The smallest absolute Gasteiger partial charge is 0.300 e. The molecule has 3 aromatic rings. The number of Topliss-reactive ketones (excluding diaryl/α,β-unsaturated/α-hetero) is 1. The lowest BCUT2D eigenvalue weighted by atomic mass is 9.94. The fraction of sp³-hybridized carbons (Fsp3) is 0.241. The summed E-state index contributed by atoms with van der Waals surface area (Å²) in [6, 6.07) is 21.5. The lowest BCUT2D eigenvalue weighted by Crippen LogP contribution is -2.29. The number of aliphatic hydroxyl groups is 1. The summed E-state index contributed by atoms with van der Waals surface area (Å²) in [5, 5.41) is 11.3. The Morgan fingerprint density at radius 1 is 1.00 bits per heavy atom. The Morgan fingerprint density at radius 2 is 1.68 bits per heavy atom. The molecule has 174 valence electrons. The largest absolute Gasteiger partial charge is 0.507 e. The van der Waals surface area contributed by atoms with Crippen LogP contribution in [0.15, 0.2) is 78.4 Å². The van der Waals surface area contributed by atoms with Crippen molar-refractivity contribution in [2.75, 3.05) is 4.90 Å². The number of nitrogens with zero attached hydrogens (tertiary/aromatic N) is 1. The van der Waals surface area contributed by atoms with Crippen molar-refractivity contribution in [3.63, 3.8) is 0 Å². The summed E-state index contributed by atoms with van der Waals surface area (Å²) in [4.78, 5) is 28.0. The molecule has 1 aliphatic rings. The molecule has 1 amide bonds. The van der Waals surface area contributed by atoms with Crippen LogP contribution in [-0.4, -0.2) is 22.9 Å². The molecular weight excluding hydrogens is 426 g/mol. The molecule has 0 aromatic heterocycles. The minimum Gasteiger partial charge on any atom is -0.507 e. The Balaban J connectivity index is 1.86. The van der Waals surface area contributed by atoms with Gasteiger partial charge in [0.1, 0.15) is 11.5 Å². The average Bonchev–Trinajstić information content (AvgIpc) is 3.10. The zero-order valence-electron chi connectivity index (χ0n) is 19.9. The Kier molecular flexibility index (Phi) is 6.55. The van der Waals surface area contributed by atoms with Gasteiger partial charge >= 0.3 is 0 Å². The van der Waals surface area contributed by atoms with Crippen LogP contribution < -0.4 is 9.64 Å². The van der Waals surface area contributed by atoms with E-state index in [9.17, 15) is 14.7 Å². The molecule has 5 nitrogen and oxygen atoms in total. The molecule has 1 heterocycles. The minimum atomic E-state index is -0.736. The molecule has 0 radical (unpaired) electrons. The molecule has 1 aliphatic heterocycles. The van der Waals surface area contributed by atoms with E-state index in [2.05, 4.69) is 6.92 Å². The topological polar surface area (TPSA) is 66.8 Å². The second kappa shape index (κ2) is 9.56. The Labute approximate surface area is 200 Å². The van der Waals surface area contributed by atoms with Crippen LogP contribution in [0.3, 0.4) is 0 Å². The van der Waals surface area contributed by atoms with E-state index in [-0.39, 0.29) is 17.4 Å². The predicted octanol–water partition coefficient (Wildman–Crippen LogP) is 5.97. The van der Waals surface area contributed by atoms with Crippen LogP contribution >= 0.6 is 0 Å². The van der Waals surface area contributed by atoms with Crippen molar-refractivity contribution in [1.82, 2.24) is 0 Å². The number of aryl methyl sites for hydroxylation is 2. The number of ether oxygens (including phenoxy) is 1. The second-order valence-electron chi connectivity index (χ2n) is 8.75. The second-order valence-corrected chi connectivity index (χ2v) is 8.75. The molecule has 0 bridgehead atoms. The fourth-order valence-electron chi connectivity index (χ4n) is 4.28. The molecule has 34 heavy (non-hydrogen) atoms. The molecule has 1 saturated heterocycles. The summed E-state index contributed by atoms with van der Waals surface area (Å²) in [7, 11) is 0. The van der Waals surface area contributed by atoms with Crippen LogP contribution in [0.5, 0.6) is 5.75 Å². The van der Waals surface area contributed by atoms with Crippen molar-refractivity contribution in [1.29, 1.82) is 0 Å². The lowest BCUT2D eigenvalue weighted by molar-refractivity contribution is -0.132. The molecule has 0 aliphatic carbocycles. The molecule has 0 saturated carbocycles. The molecule has 0 spiro atoms. The first-order valence-electron chi connectivity index (χ1n) is 11.5. The number of rotatable bonds is 6. The van der Waals surface area contributed by atoms with Crippen LogP contribution in [0.25, 0.3) is 5.76 Å². The number of anilines is 1. The standard InChI is InChI=1S/C29H29NO4/c1-5-20-11-14-23(15-12-20)30-26(21-9-7-6-8-10-21)25(28(32)29(30)33)27(31)22-13-16-24(19(4)17-22)34-18(2)3/h6-18,26,31H,5H2,1-4H3/b27-25-. The van der Waals surface area contributed by atoms with Gasteiger partial charge in [0.2, 0.25) is 0 Å². The summed E-state index contributed by atoms with van der Waals surface area (Å²) in [5.74, 6) is -0.844. The zero-order chi connectivity index (χ0) is 24.4. The highest BCUT2D eigenvalue weighted by Crippen LogP contribution is 2.42. The van der Waals surface area contributed by atoms with Gasteiger partial charge in [-0.25, -0.2) is 0 Å². The first-order chi connectivity index (χ1) is 16.3. The van der Waals surface area contributed by atoms with Gasteiger partial charge in [0.05, 0.1) is 17.7 Å². The molecule has 3 aromatic carbocycles. The Morgan fingerprint density at radius 3 is 2.26 bits per heavy atom. The van der Waals surface area contributed by atoms with Gasteiger partial charge < -0.3 is 9.84 Å². The van der Waals surface area contributed by atoms with Crippen LogP contribution in [0.2, 0.25) is 0 Å².